The molecule has 5 heteroatoms. The van der Waals surface area contributed by atoms with Gasteiger partial charge in [0.15, 0.2) is 5.11 Å². The van der Waals surface area contributed by atoms with Crippen LogP contribution in [0.4, 0.5) is 5.69 Å². The summed E-state index contributed by atoms with van der Waals surface area (Å²) in [4.78, 5) is 0. The minimum Gasteiger partial charge on any atom is -0.376 e. The quantitative estimate of drug-likeness (QED) is 0.640. The molecule has 0 amide bonds. The Hall–Kier alpha value is -0.400. The summed E-state index contributed by atoms with van der Waals surface area (Å²) in [6.07, 6.45) is 2.59. The smallest absolute Gasteiger partial charge is 0.170 e. The molecule has 0 aromatic heterocycles. The molecular weight excluding hydrogens is 347 g/mol. The summed E-state index contributed by atoms with van der Waals surface area (Å²) in [5.74, 6) is 0. The highest BCUT2D eigenvalue weighted by molar-refractivity contribution is 14.1. The van der Waals surface area contributed by atoms with E-state index in [4.69, 9.17) is 17.0 Å². The van der Waals surface area contributed by atoms with Crippen molar-refractivity contribution in [3.63, 3.8) is 0 Å². The Bertz CT molecular complexity index is 377. The zero-order chi connectivity index (χ0) is 12.1. The van der Waals surface area contributed by atoms with Crippen molar-refractivity contribution in [2.45, 2.75) is 18.9 Å². The number of thiocarbonyl (C=S) groups is 1. The van der Waals surface area contributed by atoms with Gasteiger partial charge in [-0.05, 0) is 71.9 Å². The van der Waals surface area contributed by atoms with Crippen LogP contribution in [0, 0.1) is 3.57 Å². The van der Waals surface area contributed by atoms with Crippen LogP contribution in [0.2, 0.25) is 0 Å². The van der Waals surface area contributed by atoms with Gasteiger partial charge in [0, 0.05) is 22.4 Å². The van der Waals surface area contributed by atoms with Crippen LogP contribution < -0.4 is 10.6 Å². The van der Waals surface area contributed by atoms with E-state index < -0.39 is 0 Å². The van der Waals surface area contributed by atoms with Gasteiger partial charge < -0.3 is 15.4 Å². The highest BCUT2D eigenvalue weighted by Crippen LogP contribution is 2.12. The second-order valence-corrected chi connectivity index (χ2v) is 5.63. The van der Waals surface area contributed by atoms with Crippen LogP contribution in [-0.2, 0) is 4.74 Å². The summed E-state index contributed by atoms with van der Waals surface area (Å²) in [7, 11) is 0. The summed E-state index contributed by atoms with van der Waals surface area (Å²) >= 11 is 7.50. The zero-order valence-corrected chi connectivity index (χ0v) is 12.4. The van der Waals surface area contributed by atoms with Crippen molar-refractivity contribution >= 4 is 45.6 Å². The molecule has 0 spiro atoms. The van der Waals surface area contributed by atoms with Gasteiger partial charge >= 0.3 is 0 Å². The van der Waals surface area contributed by atoms with E-state index in [2.05, 4.69) is 33.2 Å². The third kappa shape index (κ3) is 4.40. The van der Waals surface area contributed by atoms with Crippen molar-refractivity contribution < 1.29 is 4.74 Å². The fourth-order valence-corrected chi connectivity index (χ4v) is 2.28. The number of hydrogen-bond acceptors (Lipinski definition) is 2. The van der Waals surface area contributed by atoms with Gasteiger partial charge in [-0.2, -0.15) is 0 Å². The first-order valence-electron chi connectivity index (χ1n) is 5.66. The van der Waals surface area contributed by atoms with Gasteiger partial charge in [0.05, 0.1) is 6.10 Å². The van der Waals surface area contributed by atoms with Gasteiger partial charge in [0.2, 0.25) is 0 Å². The lowest BCUT2D eigenvalue weighted by Gasteiger charge is -2.14. The SMILES string of the molecule is S=C(NCC1CCCO1)Nc1ccc(I)cc1. The predicted octanol–water partition coefficient (Wildman–Crippen LogP) is 2.76. The normalized spacial score (nSPS) is 19.0. The molecule has 1 atom stereocenters. The van der Waals surface area contributed by atoms with Crippen LogP contribution in [0.1, 0.15) is 12.8 Å². The maximum absolute atomic E-state index is 5.52. The highest BCUT2D eigenvalue weighted by atomic mass is 127. The first-order chi connectivity index (χ1) is 8.24. The van der Waals surface area contributed by atoms with E-state index in [0.717, 1.165) is 31.7 Å². The van der Waals surface area contributed by atoms with Crippen molar-refractivity contribution in [2.24, 2.45) is 0 Å². The summed E-state index contributed by atoms with van der Waals surface area (Å²) in [5.41, 5.74) is 1.01. The average Bonchev–Trinajstić information content (AvgIpc) is 2.83. The number of hydrogen-bond donors (Lipinski definition) is 2. The molecule has 0 saturated carbocycles. The molecule has 1 heterocycles. The molecule has 3 nitrogen and oxygen atoms in total. The Kier molecular flexibility index (Phi) is 4.99. The van der Waals surface area contributed by atoms with Crippen LogP contribution in [-0.4, -0.2) is 24.4 Å². The summed E-state index contributed by atoms with van der Waals surface area (Å²) < 4.78 is 6.73. The number of nitrogens with one attached hydrogen (secondary N) is 2. The third-order valence-electron chi connectivity index (χ3n) is 2.62. The van der Waals surface area contributed by atoms with Crippen molar-refractivity contribution in [1.82, 2.24) is 5.32 Å². The molecule has 1 saturated heterocycles. The highest BCUT2D eigenvalue weighted by Gasteiger charge is 2.15. The number of halogens is 1. The molecule has 2 N–H and O–H groups in total. The Morgan fingerprint density at radius 1 is 1.41 bits per heavy atom. The molecule has 1 aliphatic heterocycles. The lowest BCUT2D eigenvalue weighted by Crippen LogP contribution is -2.34. The Balaban J connectivity index is 1.74. The van der Waals surface area contributed by atoms with E-state index in [9.17, 15) is 0 Å². The van der Waals surface area contributed by atoms with Crippen molar-refractivity contribution in [1.29, 1.82) is 0 Å². The molecule has 1 unspecified atom stereocenters. The largest absolute Gasteiger partial charge is 0.376 e. The summed E-state index contributed by atoms with van der Waals surface area (Å²) in [6.45, 7) is 1.67. The maximum atomic E-state index is 5.52. The van der Waals surface area contributed by atoms with Crippen molar-refractivity contribution in [2.75, 3.05) is 18.5 Å². The minimum absolute atomic E-state index is 0.312. The number of benzene rings is 1. The van der Waals surface area contributed by atoms with Crippen LogP contribution >= 0.6 is 34.8 Å². The number of rotatable bonds is 3. The molecule has 1 aromatic carbocycles. The van der Waals surface area contributed by atoms with Crippen molar-refractivity contribution in [3.8, 4) is 0 Å². The third-order valence-corrected chi connectivity index (χ3v) is 3.58. The van der Waals surface area contributed by atoms with E-state index >= 15 is 0 Å². The lowest BCUT2D eigenvalue weighted by molar-refractivity contribution is 0.114. The molecule has 0 radical (unpaired) electrons. The van der Waals surface area contributed by atoms with Gasteiger partial charge in [-0.15, -0.1) is 0 Å². The molecule has 0 bridgehead atoms. The summed E-state index contributed by atoms with van der Waals surface area (Å²) in [6, 6.07) is 8.13. The van der Waals surface area contributed by atoms with E-state index in [-0.39, 0.29) is 0 Å². The van der Waals surface area contributed by atoms with Gasteiger partial charge in [-0.3, -0.25) is 0 Å². The van der Waals surface area contributed by atoms with Crippen LogP contribution in [0.25, 0.3) is 0 Å². The van der Waals surface area contributed by atoms with E-state index in [0.29, 0.717) is 11.2 Å². The molecule has 1 aromatic rings. The molecule has 1 aliphatic rings. The fourth-order valence-electron chi connectivity index (χ4n) is 1.72. The second kappa shape index (κ2) is 6.51. The van der Waals surface area contributed by atoms with Gasteiger partial charge in [0.1, 0.15) is 0 Å². The molecule has 2 rings (SSSR count). The Morgan fingerprint density at radius 2 is 2.18 bits per heavy atom. The molecule has 92 valence electrons. The second-order valence-electron chi connectivity index (χ2n) is 3.98. The topological polar surface area (TPSA) is 33.3 Å². The van der Waals surface area contributed by atoms with Gasteiger partial charge in [-0.1, -0.05) is 0 Å². The zero-order valence-electron chi connectivity index (χ0n) is 9.41. The van der Waals surface area contributed by atoms with Crippen molar-refractivity contribution in [3.05, 3.63) is 27.8 Å². The molecule has 0 aliphatic carbocycles. The monoisotopic (exact) mass is 362 g/mol. The van der Waals surface area contributed by atoms with Gasteiger partial charge in [0.25, 0.3) is 0 Å². The number of anilines is 1. The predicted molar refractivity (Wildman–Crippen MR) is 82.4 cm³/mol. The lowest BCUT2D eigenvalue weighted by atomic mass is 10.2. The molecular formula is C12H15IN2OS. The van der Waals surface area contributed by atoms with Gasteiger partial charge in [-0.25, -0.2) is 0 Å². The Labute approximate surface area is 120 Å². The average molecular weight is 362 g/mol. The fraction of sp³-hybridized carbons (Fsp3) is 0.417. The van der Waals surface area contributed by atoms with Crippen LogP contribution in [0.3, 0.4) is 0 Å². The Morgan fingerprint density at radius 3 is 2.82 bits per heavy atom. The first-order valence-corrected chi connectivity index (χ1v) is 7.15. The van der Waals surface area contributed by atoms with E-state index in [1.54, 1.807) is 0 Å². The molecule has 17 heavy (non-hydrogen) atoms. The van der Waals surface area contributed by atoms with Crippen LogP contribution in [0.5, 0.6) is 0 Å². The molecule has 1 fully saturated rings. The summed E-state index contributed by atoms with van der Waals surface area (Å²) in [5, 5.41) is 6.99. The maximum Gasteiger partial charge on any atom is 0.170 e. The number of ether oxygens (including phenoxy) is 1. The first kappa shape index (κ1) is 13.0. The minimum atomic E-state index is 0.312. The standard InChI is InChI=1S/C12H15IN2OS/c13-9-3-5-10(6-4-9)15-12(17)14-8-11-2-1-7-16-11/h3-6,11H,1-2,7-8H2,(H2,14,15,17). The van der Waals surface area contributed by atoms with E-state index in [1.807, 2.05) is 24.3 Å². The van der Waals surface area contributed by atoms with Crippen LogP contribution in [0.15, 0.2) is 24.3 Å². The van der Waals surface area contributed by atoms with E-state index in [1.165, 1.54) is 3.57 Å².